The summed E-state index contributed by atoms with van der Waals surface area (Å²) in [6.07, 6.45) is 16.6. The van der Waals surface area contributed by atoms with Gasteiger partial charge >= 0.3 is 11.9 Å². The van der Waals surface area contributed by atoms with Crippen molar-refractivity contribution < 1.29 is 72.3 Å². The van der Waals surface area contributed by atoms with E-state index >= 15 is 0 Å². The SMILES string of the molecule is C.C.C.C.C.C.C.C.C.C.C=CN1CCCC1=O.C=Cc1ccc(COc2ncccc2C(=O)N(CC)CC)cc1.CC(Br)C(=O)Br.CCC(SCCO)N1CCCC1=O.CCC(SCCOC(=O)C(C)Br)N1CCCC1=O.CCC(SCCOC(=O)C(C)CC(Br)c1ccc(COc2ncccc2C(=O)N(CC)CC)cc1)N1CCCC1=O.OCCS. The maximum atomic E-state index is 12.8. The fourth-order valence-electron chi connectivity index (χ4n) is 11.3. The molecule has 2 aromatic carbocycles. The van der Waals surface area contributed by atoms with Crippen LogP contribution in [-0.4, -0.2) is 229 Å². The number of nitrogens with zero attached hydrogens (tertiary/aromatic N) is 8. The number of likely N-dealkylation sites (tertiary alicyclic amines) is 4. The summed E-state index contributed by atoms with van der Waals surface area (Å²) in [5.41, 5.74) is 5.04. The summed E-state index contributed by atoms with van der Waals surface area (Å²) in [5, 5.41) is 17.2. The molecule has 123 heavy (non-hydrogen) atoms. The molecule has 8 rings (SSSR count). The monoisotopic (exact) mass is 2060 g/mol. The Hall–Kier alpha value is -5.51. The second kappa shape index (κ2) is 79.9. The van der Waals surface area contributed by atoms with E-state index in [2.05, 4.69) is 120 Å². The highest BCUT2D eigenvalue weighted by Crippen LogP contribution is 2.32. The van der Waals surface area contributed by atoms with Crippen LogP contribution in [0.3, 0.4) is 0 Å². The molecule has 2 aromatic heterocycles. The maximum absolute atomic E-state index is 12.8. The number of ether oxygens (including phenoxy) is 4. The van der Waals surface area contributed by atoms with Crippen LogP contribution in [0.5, 0.6) is 11.8 Å². The molecular formula is C92H160Br4N8O15S4. The van der Waals surface area contributed by atoms with Crippen molar-refractivity contribution in [2.75, 3.05) is 102 Å². The number of benzene rings is 2. The zero-order chi connectivity index (χ0) is 84.2. The number of amides is 6. The number of carbonyl (C=O) groups is 9. The number of pyridine rings is 2. The van der Waals surface area contributed by atoms with Gasteiger partial charge in [-0.15, -0.1) is 35.3 Å². The van der Waals surface area contributed by atoms with Crippen LogP contribution in [-0.2, 0) is 56.2 Å². The molecule has 0 bridgehead atoms. The normalized spacial score (nSPS) is 14.0. The highest BCUT2D eigenvalue weighted by atomic mass is 79.9. The zero-order valence-electron chi connectivity index (χ0n) is 67.4. The highest BCUT2D eigenvalue weighted by Gasteiger charge is 2.31. The van der Waals surface area contributed by atoms with Crippen molar-refractivity contribution in [2.24, 2.45) is 5.92 Å². The van der Waals surface area contributed by atoms with Crippen molar-refractivity contribution in [3.63, 3.8) is 0 Å². The Morgan fingerprint density at radius 2 is 0.870 bits per heavy atom. The Labute approximate surface area is 796 Å². The standard InChI is InChI=1S/C31H42BrN3O5S.C19H22N2O2.C12H20BrNO3S.C9H17NO2S.C6H9NO.C3H4Br2O.C2H6OS.10CH4/c1-5-28(35-17-9-11-27(35)36)41-19-18-39-31(38)22(4)20-26(32)24-14-12-23(13-15-24)21-40-29-25(10-8-16-33-29)30(37)34(6-2)7-3;1-4-15-9-11-16(12-10-15)14-23-18-17(8-7-13-20-18)19(22)21(5-2)6-3;1-3-11(14-6-4-5-10(14)15)18-8-7-17-12(16)9(2)13;1-2-9(13-7-6-11)10-5-3-4-8(10)12;1-2-7-5-3-4-6(7)8;1-2(4)3(5)6;3-1-2-4;;;;;;;;;;/h8,10,12-16,22,26,28H,5-7,9,11,17-21H2,1-4H3;4,7-13H,1,5-6,14H2,2-3H3;9,11H,3-8H2,1-2H3;9,11H,2-7H2,1H3;2H,1,3-5H2;2H,1H3;3-4H,1-2H2;10*1H4. The first kappa shape index (κ1) is 135. The number of thioether (sulfide) groups is 3. The van der Waals surface area contributed by atoms with Crippen molar-refractivity contribution in [2.45, 2.75) is 264 Å². The molecule has 0 saturated carbocycles. The Morgan fingerprint density at radius 1 is 0.520 bits per heavy atom. The third-order valence-electron chi connectivity index (χ3n) is 17.5. The van der Waals surface area contributed by atoms with Crippen molar-refractivity contribution in [3.05, 3.63) is 138 Å². The average Bonchev–Trinajstić information content (AvgIpc) is 1.68. The predicted molar refractivity (Wildman–Crippen MR) is 542 cm³/mol. The van der Waals surface area contributed by atoms with Crippen LogP contribution in [0.2, 0.25) is 0 Å². The quantitative estimate of drug-likeness (QED) is 0.0124. The molecule has 4 saturated heterocycles. The molecule has 6 heterocycles. The summed E-state index contributed by atoms with van der Waals surface area (Å²) in [7, 11) is 0. The third kappa shape index (κ3) is 51.9. The largest absolute Gasteiger partial charge is 0.472 e. The molecule has 4 fully saturated rings. The van der Waals surface area contributed by atoms with Gasteiger partial charge in [0, 0.05) is 118 Å². The molecule has 6 amide bonds. The Bertz CT molecular complexity index is 3480. The smallest absolute Gasteiger partial charge is 0.319 e. The molecule has 7 atom stereocenters. The number of thiol groups is 1. The maximum Gasteiger partial charge on any atom is 0.319 e. The number of rotatable bonds is 38. The first-order valence-electron chi connectivity index (χ1n) is 38.7. The van der Waals surface area contributed by atoms with Gasteiger partial charge in [0.25, 0.3) is 11.8 Å². The van der Waals surface area contributed by atoms with E-state index in [1.165, 1.54) is 0 Å². The summed E-state index contributed by atoms with van der Waals surface area (Å²) in [6, 6.07) is 22.9. The molecule has 4 aliphatic rings. The van der Waals surface area contributed by atoms with Crippen LogP contribution in [0.1, 0.15) is 268 Å². The first-order valence-corrected chi connectivity index (χ1v) is 46.0. The lowest BCUT2D eigenvalue weighted by Crippen LogP contribution is -2.34. The van der Waals surface area contributed by atoms with Crippen LogP contribution in [0.15, 0.2) is 105 Å². The van der Waals surface area contributed by atoms with Crippen LogP contribution in [0.25, 0.3) is 6.08 Å². The Morgan fingerprint density at radius 3 is 1.15 bits per heavy atom. The predicted octanol–water partition coefficient (Wildman–Crippen LogP) is 22.2. The molecule has 2 N–H and O–H groups in total. The van der Waals surface area contributed by atoms with Gasteiger partial charge in [0.1, 0.15) is 42.4 Å². The van der Waals surface area contributed by atoms with Crippen molar-refractivity contribution in [3.8, 4) is 11.8 Å². The van der Waals surface area contributed by atoms with E-state index in [0.717, 1.165) is 105 Å². The average molecular weight is 2070 g/mol. The van der Waals surface area contributed by atoms with E-state index in [1.54, 1.807) is 113 Å². The van der Waals surface area contributed by atoms with E-state index in [0.29, 0.717) is 112 Å². The number of hydrogen-bond donors (Lipinski definition) is 3. The summed E-state index contributed by atoms with van der Waals surface area (Å²) in [6.45, 7) is 34.5. The van der Waals surface area contributed by atoms with Gasteiger partial charge in [-0.1, -0.05) is 218 Å². The van der Waals surface area contributed by atoms with Crippen molar-refractivity contribution in [1.29, 1.82) is 0 Å². The molecule has 4 aliphatic heterocycles. The highest BCUT2D eigenvalue weighted by molar-refractivity contribution is 9.20. The minimum Gasteiger partial charge on any atom is -0.472 e. The summed E-state index contributed by atoms with van der Waals surface area (Å²) < 4.78 is 22.3. The lowest BCUT2D eigenvalue weighted by molar-refractivity contribution is -0.147. The number of halogens is 4. The Kier molecular flexibility index (Phi) is 87.9. The molecular weight excluding hydrogens is 1900 g/mol. The second-order valence-electron chi connectivity index (χ2n) is 25.7. The van der Waals surface area contributed by atoms with Gasteiger partial charge < -0.3 is 58.6 Å². The minimum absolute atomic E-state index is 0. The lowest BCUT2D eigenvalue weighted by atomic mass is 10.0. The summed E-state index contributed by atoms with van der Waals surface area (Å²) >= 11 is 21.4. The number of carbonyl (C=O) groups excluding carboxylic acids is 9. The van der Waals surface area contributed by atoms with Crippen LogP contribution < -0.4 is 9.47 Å². The fourth-order valence-corrected chi connectivity index (χ4v) is 15.5. The number of hydrogen-bond acceptors (Lipinski definition) is 21. The van der Waals surface area contributed by atoms with Gasteiger partial charge in [-0.25, -0.2) is 9.97 Å². The van der Waals surface area contributed by atoms with E-state index in [1.807, 2.05) is 97.8 Å². The first-order chi connectivity index (χ1) is 54.2. The van der Waals surface area contributed by atoms with Crippen LogP contribution >= 0.6 is 112 Å². The van der Waals surface area contributed by atoms with E-state index in [-0.39, 0.29) is 183 Å². The minimum atomic E-state index is -0.263. The number of aliphatic hydroxyl groups is 2. The third-order valence-corrected chi connectivity index (χ3v) is 24.9. The molecule has 23 nitrogen and oxygen atoms in total. The lowest BCUT2D eigenvalue weighted by Gasteiger charge is -2.26. The number of esters is 2. The number of alkyl halides is 3. The Balaban J connectivity index is -0.000000194. The van der Waals surface area contributed by atoms with Gasteiger partial charge in [-0.2, -0.15) is 12.6 Å². The molecule has 4 aromatic rings. The van der Waals surface area contributed by atoms with Crippen molar-refractivity contribution >= 4 is 170 Å². The van der Waals surface area contributed by atoms with Gasteiger partial charge in [0.2, 0.25) is 40.1 Å². The molecule has 31 heteroatoms. The molecule has 0 aliphatic carbocycles. The fraction of sp³-hybridized carbons (Fsp3) is 0.620. The van der Waals surface area contributed by atoms with E-state index in [9.17, 15) is 43.2 Å². The molecule has 7 unspecified atom stereocenters. The topological polar surface area (TPSA) is 276 Å². The van der Waals surface area contributed by atoms with Gasteiger partial charge in [0.15, 0.2) is 0 Å². The second-order valence-corrected chi connectivity index (χ2v) is 34.7. The van der Waals surface area contributed by atoms with Gasteiger partial charge in [-0.3, -0.25) is 43.2 Å². The number of aliphatic hydroxyl groups excluding tert-OH is 2. The van der Waals surface area contributed by atoms with Crippen LogP contribution in [0.4, 0.5) is 0 Å². The zero-order valence-corrected chi connectivity index (χ0v) is 77.1. The summed E-state index contributed by atoms with van der Waals surface area (Å²) in [4.78, 5) is 124. The van der Waals surface area contributed by atoms with Crippen LogP contribution in [0, 0.1) is 5.92 Å². The molecule has 0 radical (unpaired) electrons. The molecule has 710 valence electrons. The van der Waals surface area contributed by atoms with E-state index in [4.69, 9.17) is 29.2 Å². The summed E-state index contributed by atoms with van der Waals surface area (Å²) in [5.74, 6) is 3.50. The van der Waals surface area contributed by atoms with Gasteiger partial charge in [0.05, 0.1) is 40.1 Å². The van der Waals surface area contributed by atoms with E-state index < -0.39 is 0 Å². The number of aromatic nitrogens is 2. The molecule has 0 spiro atoms. The van der Waals surface area contributed by atoms with Crippen molar-refractivity contribution in [1.82, 2.24) is 39.4 Å². The van der Waals surface area contributed by atoms with Gasteiger partial charge in [-0.05, 0) is 162 Å².